The molecule has 0 aromatic rings. The van der Waals surface area contributed by atoms with Crippen LogP contribution in [0.2, 0.25) is 0 Å². The standard InChI is InChI=1S/C26H36O6/c1-5-6-21-31-25(4)12-18-17-8-7-15-11-16(28)9-10-23(15,2)22(17)19(29)13-24(18,3)26(25,32-21)20(30)14-27/h9-11,17-19,21-22,27,29H,5-8,12-14H2,1-4H3/t17?,18?,19-,21?,22?,23-,24-,25-,26-/m0/s1/i27D,29D. The van der Waals surface area contributed by atoms with Crippen molar-refractivity contribution in [2.75, 3.05) is 6.61 Å². The lowest BCUT2D eigenvalue weighted by Gasteiger charge is -2.59. The number of aliphatic hydroxyl groups is 2. The number of ether oxygens (including phenoxy) is 2. The highest BCUT2D eigenvalue weighted by Gasteiger charge is 2.80. The number of Topliss-reactive ketones (excluding diaryl/α,β-unsaturated/α-hetero) is 1. The largest absolute Gasteiger partial charge is 0.393 e. The number of ketones is 2. The number of aliphatic hydroxyl groups excluding tert-OH is 2. The Labute approximate surface area is 193 Å². The first-order chi connectivity index (χ1) is 16.1. The third-order valence-corrected chi connectivity index (χ3v) is 9.77. The minimum atomic E-state index is -1.26. The average Bonchev–Trinajstić information content (AvgIpc) is 3.18. The molecular weight excluding hydrogens is 408 g/mol. The van der Waals surface area contributed by atoms with Gasteiger partial charge in [-0.25, -0.2) is 0 Å². The minimum absolute atomic E-state index is 0.0147. The molecule has 0 aromatic carbocycles. The molecule has 1 heterocycles. The van der Waals surface area contributed by atoms with E-state index in [1.165, 1.54) is 0 Å². The van der Waals surface area contributed by atoms with Crippen LogP contribution in [0.5, 0.6) is 0 Å². The summed E-state index contributed by atoms with van der Waals surface area (Å²) in [6.07, 6.45) is 8.83. The Kier molecular flexibility index (Phi) is 4.44. The van der Waals surface area contributed by atoms with E-state index in [1.807, 2.05) is 13.0 Å². The fourth-order valence-electron chi connectivity index (χ4n) is 8.62. The smallest absolute Gasteiger partial charge is 0.211 e. The van der Waals surface area contributed by atoms with Crippen LogP contribution >= 0.6 is 0 Å². The molecule has 5 aliphatic rings. The molecule has 32 heavy (non-hydrogen) atoms. The zero-order chi connectivity index (χ0) is 24.5. The molecule has 6 heteroatoms. The lowest BCUT2D eigenvalue weighted by molar-refractivity contribution is -0.200. The molecule has 5 rings (SSSR count). The summed E-state index contributed by atoms with van der Waals surface area (Å²) in [5, 5.41) is 10.0. The number of hydrogen-bond donors (Lipinski definition) is 2. The number of carbonyl (C=O) groups is 2. The van der Waals surface area contributed by atoms with Gasteiger partial charge in [0, 0.05) is 16.7 Å². The van der Waals surface area contributed by atoms with Crippen LogP contribution in [0.1, 0.15) is 66.2 Å². The highest BCUT2D eigenvalue weighted by Crippen LogP contribution is 2.72. The Bertz CT molecular complexity index is 950. The monoisotopic (exact) mass is 446 g/mol. The van der Waals surface area contributed by atoms with E-state index in [4.69, 9.17) is 17.4 Å². The van der Waals surface area contributed by atoms with Crippen molar-refractivity contribution in [3.63, 3.8) is 0 Å². The maximum absolute atomic E-state index is 13.8. The van der Waals surface area contributed by atoms with Crippen molar-refractivity contribution in [1.82, 2.24) is 0 Å². The van der Waals surface area contributed by atoms with Gasteiger partial charge >= 0.3 is 0 Å². The predicted octanol–water partition coefficient (Wildman–Crippen LogP) is 3.11. The van der Waals surface area contributed by atoms with Crippen molar-refractivity contribution in [2.45, 2.75) is 89.8 Å². The van der Waals surface area contributed by atoms with E-state index < -0.39 is 29.0 Å². The van der Waals surface area contributed by atoms with Gasteiger partial charge in [-0.3, -0.25) is 9.59 Å². The van der Waals surface area contributed by atoms with Crippen molar-refractivity contribution in [2.24, 2.45) is 28.6 Å². The third-order valence-electron chi connectivity index (χ3n) is 9.77. The van der Waals surface area contributed by atoms with Crippen LogP contribution in [0.4, 0.5) is 0 Å². The van der Waals surface area contributed by atoms with E-state index in [-0.39, 0.29) is 41.3 Å². The molecule has 4 unspecified atom stereocenters. The molecule has 3 saturated carbocycles. The molecule has 9 atom stereocenters. The van der Waals surface area contributed by atoms with E-state index in [0.717, 1.165) is 24.8 Å². The fraction of sp³-hybridized carbons (Fsp3) is 0.769. The van der Waals surface area contributed by atoms with Gasteiger partial charge in [0.05, 0.1) is 6.10 Å². The molecular formula is C26H36O6. The Hall–Kier alpha value is -1.34. The van der Waals surface area contributed by atoms with Gasteiger partial charge in [0.1, 0.15) is 12.2 Å². The van der Waals surface area contributed by atoms with Gasteiger partial charge in [-0.2, -0.15) is 0 Å². The van der Waals surface area contributed by atoms with Crippen LogP contribution in [-0.2, 0) is 19.1 Å². The average molecular weight is 447 g/mol. The van der Waals surface area contributed by atoms with Crippen LogP contribution in [0.15, 0.2) is 23.8 Å². The second kappa shape index (κ2) is 7.08. The van der Waals surface area contributed by atoms with Gasteiger partial charge in [-0.1, -0.05) is 38.8 Å². The Morgan fingerprint density at radius 1 is 1.28 bits per heavy atom. The van der Waals surface area contributed by atoms with Gasteiger partial charge in [-0.05, 0) is 63.0 Å². The molecule has 0 radical (unpaired) electrons. The van der Waals surface area contributed by atoms with Gasteiger partial charge in [-0.15, -0.1) is 0 Å². The molecule has 0 bridgehead atoms. The quantitative estimate of drug-likeness (QED) is 0.651. The van der Waals surface area contributed by atoms with Crippen molar-refractivity contribution >= 4 is 11.6 Å². The minimum Gasteiger partial charge on any atom is -0.393 e. The molecule has 4 fully saturated rings. The normalized spacial score (nSPS) is 52.3. The van der Waals surface area contributed by atoms with Crippen LogP contribution in [-0.4, -0.2) is 54.8 Å². The maximum atomic E-state index is 13.8. The summed E-state index contributed by atoms with van der Waals surface area (Å²) < 4.78 is 28.5. The lowest BCUT2D eigenvalue weighted by atomic mass is 9.46. The summed E-state index contributed by atoms with van der Waals surface area (Å²) in [5.74, 6) is 0.0504. The molecule has 0 amide bonds. The molecule has 4 aliphatic carbocycles. The third kappa shape index (κ3) is 2.55. The molecule has 0 spiro atoms. The second-order valence-corrected chi connectivity index (χ2v) is 11.3. The molecule has 1 aliphatic heterocycles. The summed E-state index contributed by atoms with van der Waals surface area (Å²) in [4.78, 5) is 25.9. The zero-order valence-corrected chi connectivity index (χ0v) is 19.5. The Balaban J connectivity index is 1.61. The first-order valence-electron chi connectivity index (χ1n) is 12.9. The topological polar surface area (TPSA) is 93.1 Å². The first kappa shape index (κ1) is 20.1. The summed E-state index contributed by atoms with van der Waals surface area (Å²) >= 11 is 0. The van der Waals surface area contributed by atoms with E-state index in [1.54, 1.807) is 12.2 Å². The van der Waals surface area contributed by atoms with E-state index in [9.17, 15) is 9.59 Å². The molecule has 176 valence electrons. The SMILES string of the molecule is [2H]OCC(=O)[C@@]12OC(CCC)O[C@@]1(C)CC1C3CCC4=CC(=O)C=C[C@]4(C)C3[C@@H](O[2H])C[C@@]12C. The molecule has 0 aromatic heterocycles. The lowest BCUT2D eigenvalue weighted by Crippen LogP contribution is -2.65. The van der Waals surface area contributed by atoms with Gasteiger partial charge in [0.2, 0.25) is 2.86 Å². The number of hydrogen-bond acceptors (Lipinski definition) is 6. The first-order valence-corrected chi connectivity index (χ1v) is 12.1. The molecule has 1 saturated heterocycles. The highest BCUT2D eigenvalue weighted by molar-refractivity contribution is 6.01. The number of rotatable bonds is 6. The second-order valence-electron chi connectivity index (χ2n) is 11.3. The van der Waals surface area contributed by atoms with Crippen LogP contribution in [0.25, 0.3) is 0 Å². The van der Waals surface area contributed by atoms with Crippen molar-refractivity contribution in [3.05, 3.63) is 23.8 Å². The van der Waals surface area contributed by atoms with E-state index in [0.29, 0.717) is 19.3 Å². The number of fused-ring (bicyclic) bond motifs is 7. The highest BCUT2D eigenvalue weighted by atomic mass is 16.8. The van der Waals surface area contributed by atoms with Crippen molar-refractivity contribution in [3.8, 4) is 0 Å². The molecule has 2 N–H and O–H groups in total. The Morgan fingerprint density at radius 2 is 2.09 bits per heavy atom. The fourth-order valence-corrected chi connectivity index (χ4v) is 8.62. The van der Waals surface area contributed by atoms with Gasteiger partial charge in [0.15, 0.2) is 23.5 Å². The van der Waals surface area contributed by atoms with Crippen LogP contribution in [0.3, 0.4) is 0 Å². The van der Waals surface area contributed by atoms with Gasteiger partial charge in [0.25, 0.3) is 0 Å². The zero-order valence-electron chi connectivity index (χ0n) is 21.5. The van der Waals surface area contributed by atoms with Crippen molar-refractivity contribution < 1.29 is 29.3 Å². The number of carbonyl (C=O) groups excluding carboxylic acids is 2. The summed E-state index contributed by atoms with van der Waals surface area (Å²) in [6, 6.07) is 0. The number of allylic oxidation sites excluding steroid dienone is 4. The summed E-state index contributed by atoms with van der Waals surface area (Å²) in [5.41, 5.74) is -2.00. The maximum Gasteiger partial charge on any atom is 0.211 e. The summed E-state index contributed by atoms with van der Waals surface area (Å²) in [6.45, 7) is 7.92. The summed E-state index contributed by atoms with van der Waals surface area (Å²) in [7, 11) is 0. The predicted molar refractivity (Wildman–Crippen MR) is 117 cm³/mol. The Morgan fingerprint density at radius 3 is 2.81 bits per heavy atom. The molecule has 6 nitrogen and oxygen atoms in total. The van der Waals surface area contributed by atoms with Crippen LogP contribution < -0.4 is 0 Å². The van der Waals surface area contributed by atoms with E-state index >= 15 is 0 Å². The van der Waals surface area contributed by atoms with Crippen molar-refractivity contribution in [1.29, 1.82) is 2.86 Å². The van der Waals surface area contributed by atoms with Gasteiger partial charge < -0.3 is 19.7 Å². The van der Waals surface area contributed by atoms with Crippen LogP contribution in [0, 0.1) is 28.6 Å². The van der Waals surface area contributed by atoms with E-state index in [2.05, 4.69) is 25.9 Å².